The van der Waals surface area contributed by atoms with Crippen LogP contribution in [0, 0.1) is 0 Å². The van der Waals surface area contributed by atoms with Crippen LogP contribution in [0.3, 0.4) is 0 Å². The van der Waals surface area contributed by atoms with Gasteiger partial charge in [-0.25, -0.2) is 4.98 Å². The van der Waals surface area contributed by atoms with Crippen LogP contribution in [0.1, 0.15) is 11.8 Å². The van der Waals surface area contributed by atoms with Crippen molar-refractivity contribution in [3.05, 3.63) is 18.1 Å². The van der Waals surface area contributed by atoms with Gasteiger partial charge in [-0.05, 0) is 0 Å². The summed E-state index contributed by atoms with van der Waals surface area (Å²) in [4.78, 5) is 8.14. The number of aromatic nitrogens is 2. The molecule has 0 amide bonds. The highest BCUT2D eigenvalue weighted by Crippen LogP contribution is 2.26. The predicted octanol–water partition coefficient (Wildman–Crippen LogP) is -0.991. The van der Waals surface area contributed by atoms with Crippen LogP contribution in [0.25, 0.3) is 0 Å². The average Bonchev–Trinajstić information content (AvgIpc) is 2.56. The lowest BCUT2D eigenvalue weighted by molar-refractivity contribution is -0.00817. The average molecular weight is 329 g/mol. The zero-order valence-corrected chi connectivity index (χ0v) is 12.9. The van der Waals surface area contributed by atoms with E-state index in [9.17, 15) is 8.42 Å². The van der Waals surface area contributed by atoms with Gasteiger partial charge in [-0.1, -0.05) is 0 Å². The molecule has 2 saturated heterocycles. The molecule has 1 atom stereocenters. The fourth-order valence-corrected chi connectivity index (χ4v) is 4.12. The molecule has 0 saturated carbocycles. The van der Waals surface area contributed by atoms with Crippen molar-refractivity contribution in [2.75, 3.05) is 51.7 Å². The summed E-state index contributed by atoms with van der Waals surface area (Å²) in [6.45, 7) is 2.38. The Kier molecular flexibility index (Phi) is 4.54. The Bertz CT molecular complexity index is 620. The molecule has 2 fully saturated rings. The van der Waals surface area contributed by atoms with Gasteiger partial charge in [0.1, 0.15) is 17.6 Å². The molecule has 122 valence electrons. The number of nitrogen functional groups attached to an aromatic ring is 1. The lowest BCUT2D eigenvalue weighted by Crippen LogP contribution is -2.52. The minimum absolute atomic E-state index is 0.183. The summed E-state index contributed by atoms with van der Waals surface area (Å²) in [5.74, 6) is 0.262. The minimum Gasteiger partial charge on any atom is -0.382 e. The van der Waals surface area contributed by atoms with E-state index in [1.807, 2.05) is 0 Å². The van der Waals surface area contributed by atoms with E-state index in [1.54, 1.807) is 0 Å². The van der Waals surface area contributed by atoms with E-state index in [4.69, 9.17) is 15.2 Å². The molecule has 2 aliphatic heterocycles. The van der Waals surface area contributed by atoms with Crippen LogP contribution in [0.4, 0.5) is 5.82 Å². The number of rotatable bonds is 3. The Morgan fingerprint density at radius 1 is 1.09 bits per heavy atom. The SMILES string of the molecule is Nc1nccnc1C1CN(S(=O)(=O)N2CCOCC2)CCO1. The first-order valence-corrected chi connectivity index (χ1v) is 8.49. The molecular weight excluding hydrogens is 310 g/mol. The summed E-state index contributed by atoms with van der Waals surface area (Å²) in [5, 5.41) is 0. The summed E-state index contributed by atoms with van der Waals surface area (Å²) < 4.78 is 39.0. The molecule has 10 heteroatoms. The number of morpholine rings is 2. The molecule has 3 rings (SSSR count). The van der Waals surface area contributed by atoms with E-state index < -0.39 is 16.3 Å². The van der Waals surface area contributed by atoms with Crippen molar-refractivity contribution in [2.24, 2.45) is 0 Å². The maximum atomic E-state index is 12.7. The molecule has 2 aliphatic rings. The maximum absolute atomic E-state index is 12.7. The van der Waals surface area contributed by atoms with Crippen LogP contribution in [0.2, 0.25) is 0 Å². The molecule has 2 N–H and O–H groups in total. The fraction of sp³-hybridized carbons (Fsp3) is 0.667. The standard InChI is InChI=1S/C12H19N5O4S/c13-12-11(14-1-2-15-12)10-9-17(5-8-21-10)22(18,19)16-3-6-20-7-4-16/h1-2,10H,3-9H2,(H2,13,15). The zero-order valence-electron chi connectivity index (χ0n) is 12.1. The van der Waals surface area contributed by atoms with Crippen LogP contribution >= 0.6 is 0 Å². The van der Waals surface area contributed by atoms with Gasteiger partial charge >= 0.3 is 0 Å². The molecule has 0 aromatic carbocycles. The largest absolute Gasteiger partial charge is 0.382 e. The van der Waals surface area contributed by atoms with Crippen LogP contribution in [0.15, 0.2) is 12.4 Å². The Morgan fingerprint density at radius 3 is 2.50 bits per heavy atom. The highest BCUT2D eigenvalue weighted by Gasteiger charge is 2.36. The molecular formula is C12H19N5O4S. The highest BCUT2D eigenvalue weighted by molar-refractivity contribution is 7.86. The third kappa shape index (κ3) is 3.06. The molecule has 3 heterocycles. The number of anilines is 1. The van der Waals surface area contributed by atoms with Crippen molar-refractivity contribution in [1.29, 1.82) is 0 Å². The van der Waals surface area contributed by atoms with Gasteiger partial charge < -0.3 is 15.2 Å². The summed E-state index contributed by atoms with van der Waals surface area (Å²) in [7, 11) is -3.52. The minimum atomic E-state index is -3.52. The van der Waals surface area contributed by atoms with Crippen molar-refractivity contribution < 1.29 is 17.9 Å². The van der Waals surface area contributed by atoms with Gasteiger partial charge in [0.2, 0.25) is 0 Å². The number of nitrogens with zero attached hydrogens (tertiary/aromatic N) is 4. The molecule has 0 bridgehead atoms. The number of nitrogens with two attached hydrogens (primary N) is 1. The molecule has 9 nitrogen and oxygen atoms in total. The van der Waals surface area contributed by atoms with Crippen molar-refractivity contribution in [1.82, 2.24) is 18.6 Å². The highest BCUT2D eigenvalue weighted by atomic mass is 32.2. The van der Waals surface area contributed by atoms with Gasteiger partial charge in [-0.3, -0.25) is 4.98 Å². The van der Waals surface area contributed by atoms with Gasteiger partial charge in [0.25, 0.3) is 10.2 Å². The second kappa shape index (κ2) is 6.42. The first-order valence-electron chi connectivity index (χ1n) is 7.10. The van der Waals surface area contributed by atoms with Gasteiger partial charge in [0.15, 0.2) is 0 Å². The van der Waals surface area contributed by atoms with Crippen molar-refractivity contribution in [2.45, 2.75) is 6.10 Å². The topological polar surface area (TPSA) is 111 Å². The van der Waals surface area contributed by atoms with Crippen LogP contribution in [0.5, 0.6) is 0 Å². The smallest absolute Gasteiger partial charge is 0.282 e. The molecule has 1 aromatic heterocycles. The number of ether oxygens (including phenoxy) is 2. The zero-order chi connectivity index (χ0) is 15.6. The quantitative estimate of drug-likeness (QED) is 0.758. The van der Waals surface area contributed by atoms with E-state index >= 15 is 0 Å². The summed E-state index contributed by atoms with van der Waals surface area (Å²) in [6.07, 6.45) is 2.51. The molecule has 0 radical (unpaired) electrons. The maximum Gasteiger partial charge on any atom is 0.282 e. The van der Waals surface area contributed by atoms with Gasteiger partial charge in [0.05, 0.1) is 19.8 Å². The third-order valence-electron chi connectivity index (χ3n) is 3.71. The van der Waals surface area contributed by atoms with Crippen molar-refractivity contribution in [3.63, 3.8) is 0 Å². The molecule has 1 unspecified atom stereocenters. The monoisotopic (exact) mass is 329 g/mol. The van der Waals surface area contributed by atoms with E-state index in [1.165, 1.54) is 21.0 Å². The number of hydrogen-bond donors (Lipinski definition) is 1. The Morgan fingerprint density at radius 2 is 1.77 bits per heavy atom. The van der Waals surface area contributed by atoms with Crippen LogP contribution in [-0.2, 0) is 19.7 Å². The summed E-state index contributed by atoms with van der Waals surface area (Å²) >= 11 is 0. The second-order valence-electron chi connectivity index (χ2n) is 5.06. The lowest BCUT2D eigenvalue weighted by Gasteiger charge is -2.36. The summed E-state index contributed by atoms with van der Waals surface area (Å²) in [6, 6.07) is 0. The van der Waals surface area contributed by atoms with Gasteiger partial charge in [-0.15, -0.1) is 0 Å². The van der Waals surface area contributed by atoms with Crippen molar-refractivity contribution >= 4 is 16.0 Å². The Balaban J connectivity index is 1.76. The molecule has 0 spiro atoms. The van der Waals surface area contributed by atoms with Gasteiger partial charge in [-0.2, -0.15) is 17.0 Å². The molecule has 22 heavy (non-hydrogen) atoms. The van der Waals surface area contributed by atoms with E-state index in [-0.39, 0.29) is 12.4 Å². The predicted molar refractivity (Wildman–Crippen MR) is 78.0 cm³/mol. The molecule has 1 aromatic rings. The van der Waals surface area contributed by atoms with E-state index in [0.717, 1.165) is 0 Å². The third-order valence-corrected chi connectivity index (χ3v) is 5.72. The van der Waals surface area contributed by atoms with Crippen LogP contribution in [-0.4, -0.2) is 73.0 Å². The first kappa shape index (κ1) is 15.6. The lowest BCUT2D eigenvalue weighted by atomic mass is 10.2. The normalized spacial score (nSPS) is 25.2. The van der Waals surface area contributed by atoms with E-state index in [2.05, 4.69) is 9.97 Å². The van der Waals surface area contributed by atoms with Crippen molar-refractivity contribution in [3.8, 4) is 0 Å². The van der Waals surface area contributed by atoms with E-state index in [0.29, 0.717) is 45.1 Å². The number of hydrogen-bond acceptors (Lipinski definition) is 7. The molecule has 0 aliphatic carbocycles. The van der Waals surface area contributed by atoms with Crippen LogP contribution < -0.4 is 5.73 Å². The van der Waals surface area contributed by atoms with Gasteiger partial charge in [0, 0.05) is 38.6 Å². The second-order valence-corrected chi connectivity index (χ2v) is 6.99. The Labute approximate surface area is 129 Å². The Hall–Kier alpha value is -1.33. The summed E-state index contributed by atoms with van der Waals surface area (Å²) in [5.41, 5.74) is 6.28. The fourth-order valence-electron chi connectivity index (χ4n) is 2.55. The first-order chi connectivity index (χ1) is 10.6.